The molecule has 1 aliphatic rings. The number of rotatable bonds is 6. The number of benzene rings is 1. The first-order valence-electron chi connectivity index (χ1n) is 6.68. The first-order chi connectivity index (χ1) is 9.68. The van der Waals surface area contributed by atoms with E-state index < -0.39 is 13.0 Å². The van der Waals surface area contributed by atoms with E-state index in [1.165, 1.54) is 0 Å². The molecule has 0 radical (unpaired) electrons. The minimum Gasteiger partial charge on any atom is -0.384 e. The molecule has 1 aromatic carbocycles. The number of carbonyl (C=O) groups excluding carboxylic acids is 1. The number of para-hydroxylation sites is 1. The molecular weight excluding hydrogens is 266 g/mol. The van der Waals surface area contributed by atoms with E-state index in [-0.39, 0.29) is 19.1 Å². The largest absolute Gasteiger partial charge is 0.384 e. The van der Waals surface area contributed by atoms with E-state index in [2.05, 4.69) is 10.6 Å². The number of hydrogen-bond acceptors (Lipinski definition) is 3. The predicted molar refractivity (Wildman–Crippen MR) is 72.4 cm³/mol. The Morgan fingerprint density at radius 3 is 3.10 bits per heavy atom. The smallest absolute Gasteiger partial charge is 0.261 e. The number of alkyl halides is 2. The number of aryl methyl sites for hydroxylation is 1. The molecule has 2 N–H and O–H groups in total. The van der Waals surface area contributed by atoms with Gasteiger partial charge in [-0.1, -0.05) is 12.1 Å². The lowest BCUT2D eigenvalue weighted by Gasteiger charge is -2.20. The van der Waals surface area contributed by atoms with Crippen LogP contribution in [0.4, 0.5) is 14.5 Å². The summed E-state index contributed by atoms with van der Waals surface area (Å²) in [5.74, 6) is -0.211. The Morgan fingerprint density at radius 2 is 2.30 bits per heavy atom. The van der Waals surface area contributed by atoms with E-state index in [1.54, 1.807) is 6.07 Å². The molecule has 0 bridgehead atoms. The maximum absolute atomic E-state index is 12.1. The van der Waals surface area contributed by atoms with Crippen molar-refractivity contribution in [1.82, 2.24) is 5.32 Å². The van der Waals surface area contributed by atoms with Gasteiger partial charge in [0.2, 0.25) is 0 Å². The molecule has 1 aliphatic heterocycles. The fourth-order valence-corrected chi connectivity index (χ4v) is 2.20. The van der Waals surface area contributed by atoms with Gasteiger partial charge in [0.15, 0.2) is 0 Å². The first-order valence-corrected chi connectivity index (χ1v) is 6.68. The highest BCUT2D eigenvalue weighted by Crippen LogP contribution is 2.25. The molecule has 1 aromatic rings. The number of hydrogen-bond donors (Lipinski definition) is 2. The maximum Gasteiger partial charge on any atom is 0.261 e. The van der Waals surface area contributed by atoms with Gasteiger partial charge in [0.05, 0.1) is 17.9 Å². The van der Waals surface area contributed by atoms with Crippen molar-refractivity contribution in [3.8, 4) is 0 Å². The Labute approximate surface area is 116 Å². The molecule has 1 heterocycles. The van der Waals surface area contributed by atoms with Gasteiger partial charge in [0.25, 0.3) is 12.3 Å². The summed E-state index contributed by atoms with van der Waals surface area (Å²) in [7, 11) is 0. The van der Waals surface area contributed by atoms with Gasteiger partial charge in [0.1, 0.15) is 6.61 Å². The Balaban J connectivity index is 1.86. The highest BCUT2D eigenvalue weighted by Gasteiger charge is 2.16. The zero-order valence-electron chi connectivity index (χ0n) is 11.1. The van der Waals surface area contributed by atoms with Gasteiger partial charge in [-0.25, -0.2) is 8.78 Å². The lowest BCUT2D eigenvalue weighted by atomic mass is 9.99. The van der Waals surface area contributed by atoms with Crippen LogP contribution in [0.2, 0.25) is 0 Å². The molecule has 0 spiro atoms. The molecule has 110 valence electrons. The van der Waals surface area contributed by atoms with Gasteiger partial charge in [-0.05, 0) is 24.5 Å². The average Bonchev–Trinajstić information content (AvgIpc) is 2.45. The fourth-order valence-electron chi connectivity index (χ4n) is 2.20. The second kappa shape index (κ2) is 7.19. The number of halogens is 2. The quantitative estimate of drug-likeness (QED) is 0.786. The molecule has 20 heavy (non-hydrogen) atoms. The normalized spacial score (nSPS) is 13.8. The van der Waals surface area contributed by atoms with Gasteiger partial charge in [0, 0.05) is 13.1 Å². The van der Waals surface area contributed by atoms with Crippen LogP contribution in [-0.4, -0.2) is 38.6 Å². The van der Waals surface area contributed by atoms with Gasteiger partial charge in [-0.15, -0.1) is 0 Å². The maximum atomic E-state index is 12.1. The van der Waals surface area contributed by atoms with Gasteiger partial charge in [-0.3, -0.25) is 4.79 Å². The van der Waals surface area contributed by atoms with Gasteiger partial charge in [-0.2, -0.15) is 0 Å². The van der Waals surface area contributed by atoms with Crippen molar-refractivity contribution in [3.05, 3.63) is 29.3 Å². The summed E-state index contributed by atoms with van der Waals surface area (Å²) >= 11 is 0. The second-order valence-corrected chi connectivity index (χ2v) is 4.59. The molecule has 0 atom stereocenters. The van der Waals surface area contributed by atoms with Gasteiger partial charge < -0.3 is 15.4 Å². The van der Waals surface area contributed by atoms with Crippen LogP contribution in [0.1, 0.15) is 22.3 Å². The number of anilines is 1. The number of carbonyl (C=O) groups is 1. The van der Waals surface area contributed by atoms with Crippen LogP contribution in [-0.2, 0) is 11.2 Å². The molecule has 6 heteroatoms. The van der Waals surface area contributed by atoms with Crippen molar-refractivity contribution in [2.75, 3.05) is 31.6 Å². The number of nitrogens with one attached hydrogen (secondary N) is 2. The average molecular weight is 284 g/mol. The van der Waals surface area contributed by atoms with E-state index >= 15 is 0 Å². The Morgan fingerprint density at radius 1 is 1.45 bits per heavy atom. The third kappa shape index (κ3) is 3.90. The molecule has 0 saturated heterocycles. The zero-order valence-corrected chi connectivity index (χ0v) is 11.1. The van der Waals surface area contributed by atoms with Crippen LogP contribution in [0.25, 0.3) is 0 Å². The molecule has 0 fully saturated rings. The minimum atomic E-state index is -2.48. The zero-order chi connectivity index (χ0) is 14.4. The van der Waals surface area contributed by atoms with Gasteiger partial charge >= 0.3 is 0 Å². The molecule has 1 amide bonds. The minimum absolute atomic E-state index is 0.0819. The highest BCUT2D eigenvalue weighted by atomic mass is 19.3. The standard InChI is InChI=1S/C14H18F2N2O2/c15-12(16)9-20-8-7-18-14(19)11-5-1-3-10-4-2-6-17-13(10)11/h1,3,5,12,17H,2,4,6-9H2,(H,18,19). The summed E-state index contributed by atoms with van der Waals surface area (Å²) in [6, 6.07) is 5.62. The number of ether oxygens (including phenoxy) is 1. The lowest BCUT2D eigenvalue weighted by Crippen LogP contribution is -2.29. The molecule has 0 unspecified atom stereocenters. The van der Waals surface area contributed by atoms with Crippen molar-refractivity contribution in [2.45, 2.75) is 19.3 Å². The van der Waals surface area contributed by atoms with Crippen LogP contribution in [0.5, 0.6) is 0 Å². The molecule has 0 saturated carbocycles. The third-order valence-corrected chi connectivity index (χ3v) is 3.10. The summed E-state index contributed by atoms with van der Waals surface area (Å²) in [4.78, 5) is 12.1. The fraction of sp³-hybridized carbons (Fsp3) is 0.500. The Bertz CT molecular complexity index is 466. The summed E-state index contributed by atoms with van der Waals surface area (Å²) in [5.41, 5.74) is 2.61. The number of fused-ring (bicyclic) bond motifs is 1. The van der Waals surface area contributed by atoms with Crippen molar-refractivity contribution in [3.63, 3.8) is 0 Å². The molecule has 2 rings (SSSR count). The summed E-state index contributed by atoms with van der Waals surface area (Å²) < 4.78 is 28.4. The van der Waals surface area contributed by atoms with E-state index in [0.717, 1.165) is 30.6 Å². The highest BCUT2D eigenvalue weighted by molar-refractivity contribution is 6.00. The molecular formula is C14H18F2N2O2. The van der Waals surface area contributed by atoms with Crippen molar-refractivity contribution < 1.29 is 18.3 Å². The summed E-state index contributed by atoms with van der Waals surface area (Å²) in [5, 5.41) is 5.91. The van der Waals surface area contributed by atoms with Crippen LogP contribution in [0, 0.1) is 0 Å². The Hall–Kier alpha value is -1.69. The van der Waals surface area contributed by atoms with Crippen LogP contribution >= 0.6 is 0 Å². The van der Waals surface area contributed by atoms with Crippen LogP contribution < -0.4 is 10.6 Å². The lowest BCUT2D eigenvalue weighted by molar-refractivity contribution is 0.0188. The second-order valence-electron chi connectivity index (χ2n) is 4.59. The molecule has 0 aliphatic carbocycles. The van der Waals surface area contributed by atoms with Crippen molar-refractivity contribution in [2.24, 2.45) is 0 Å². The SMILES string of the molecule is O=C(NCCOCC(F)F)c1cccc2c1NCCC2. The van der Waals surface area contributed by atoms with E-state index in [1.807, 2.05) is 12.1 Å². The van der Waals surface area contributed by atoms with E-state index in [4.69, 9.17) is 4.74 Å². The summed E-state index contributed by atoms with van der Waals surface area (Å²) in [6.45, 7) is 0.556. The summed E-state index contributed by atoms with van der Waals surface area (Å²) in [6.07, 6.45) is -0.462. The van der Waals surface area contributed by atoms with Crippen LogP contribution in [0.3, 0.4) is 0 Å². The van der Waals surface area contributed by atoms with E-state index in [0.29, 0.717) is 5.56 Å². The van der Waals surface area contributed by atoms with Crippen molar-refractivity contribution >= 4 is 11.6 Å². The van der Waals surface area contributed by atoms with Crippen LogP contribution in [0.15, 0.2) is 18.2 Å². The Kier molecular flexibility index (Phi) is 5.29. The predicted octanol–water partition coefficient (Wildman–Crippen LogP) is 2.06. The van der Waals surface area contributed by atoms with Crippen molar-refractivity contribution in [1.29, 1.82) is 0 Å². The molecule has 0 aromatic heterocycles. The monoisotopic (exact) mass is 284 g/mol. The number of amides is 1. The molecule has 4 nitrogen and oxygen atoms in total. The van der Waals surface area contributed by atoms with E-state index in [9.17, 15) is 13.6 Å². The topological polar surface area (TPSA) is 50.4 Å². The first kappa shape index (κ1) is 14.7. The third-order valence-electron chi connectivity index (χ3n) is 3.10.